The molecule has 20 heteroatoms. The summed E-state index contributed by atoms with van der Waals surface area (Å²) in [6.07, 6.45) is 17.0. The smallest absolute Gasteiger partial charge is 0.410 e. The quantitative estimate of drug-likeness (QED) is 0.0998. The fraction of sp³-hybridized carbons (Fsp3) is 0.480. The third kappa shape index (κ3) is 12.7. The first kappa shape index (κ1) is 51.0. The first-order valence-corrected chi connectivity index (χ1v) is 27.1. The Morgan fingerprint density at radius 1 is 0.743 bits per heavy atom. The predicted octanol–water partition coefficient (Wildman–Crippen LogP) is 10.5. The van der Waals surface area contributed by atoms with Crippen molar-refractivity contribution in [1.82, 2.24) is 35.1 Å². The summed E-state index contributed by atoms with van der Waals surface area (Å²) >= 11 is 6.18. The van der Waals surface area contributed by atoms with Gasteiger partial charge < -0.3 is 41.0 Å². The molecule has 6 aromatic heterocycles. The van der Waals surface area contributed by atoms with Crippen LogP contribution in [0, 0.1) is 0 Å². The maximum Gasteiger partial charge on any atom is 0.410 e. The number of pyridine rings is 2. The van der Waals surface area contributed by atoms with Crippen molar-refractivity contribution in [3.8, 4) is 21.1 Å². The number of anilines is 2. The number of carbonyl (C=O) groups is 4. The van der Waals surface area contributed by atoms with E-state index < -0.39 is 11.2 Å². The molecule has 4 amide bonds. The number of ether oxygens (including phenoxy) is 2. The van der Waals surface area contributed by atoms with Crippen molar-refractivity contribution in [2.24, 2.45) is 5.73 Å². The van der Waals surface area contributed by atoms with Crippen molar-refractivity contribution in [2.45, 2.75) is 136 Å². The summed E-state index contributed by atoms with van der Waals surface area (Å²) in [5.41, 5.74) is 10.1. The second kappa shape index (κ2) is 21.9. The van der Waals surface area contributed by atoms with E-state index in [9.17, 15) is 19.2 Å². The van der Waals surface area contributed by atoms with E-state index in [2.05, 4.69) is 32.5 Å². The summed E-state index contributed by atoms with van der Waals surface area (Å²) in [5.74, 6) is -0.287. The second-order valence-electron chi connectivity index (χ2n) is 19.7. The molecular formula is C50H62N10O6S4. The number of hydrogen-bond acceptors (Lipinski definition) is 16. The van der Waals surface area contributed by atoms with Gasteiger partial charge in [0.15, 0.2) is 0 Å². The van der Waals surface area contributed by atoms with Gasteiger partial charge in [0.05, 0.1) is 34.9 Å². The van der Waals surface area contributed by atoms with Crippen molar-refractivity contribution in [3.05, 3.63) is 70.5 Å². The SMILES string of the molecule is C=CC(=O)Nc1sc2c(c1-c1nc3cnccc3s1)CCN(C(=O)OC(C)(C)C)C2.CC(C)(C)OC(=O)N1CCc2c(sc(NC(=O)CCNC3CCC3)c2-c2nc3cnccc3s2)C1.NC1CCC1. The number of rotatable bonds is 9. The molecule has 10 rings (SSSR count). The fourth-order valence-corrected chi connectivity index (χ4v) is 12.7. The number of thiazole rings is 2. The molecule has 4 aliphatic rings. The van der Waals surface area contributed by atoms with Crippen LogP contribution in [0.15, 0.2) is 49.6 Å². The van der Waals surface area contributed by atoms with Gasteiger partial charge >= 0.3 is 12.2 Å². The largest absolute Gasteiger partial charge is 0.444 e. The maximum absolute atomic E-state index is 12.8. The lowest BCUT2D eigenvalue weighted by Gasteiger charge is -2.30. The highest BCUT2D eigenvalue weighted by Crippen LogP contribution is 2.47. The van der Waals surface area contributed by atoms with Crippen LogP contribution in [0.25, 0.3) is 41.6 Å². The predicted molar refractivity (Wildman–Crippen MR) is 282 cm³/mol. The standard InChI is InChI=1S/C25H31N5O3S2.C21H22N4O3S2.C4H9N/c1-25(2,3)33-24(32)30-12-9-16-19(14-30)35-23(29-20(31)8-11-27-15-5-4-6-15)21(16)22-28-17-13-26-10-7-18(17)34-22;1-5-16(26)24-19-17(18-23-13-10-22-8-6-14(13)29-18)12-7-9-25(11-15(12)30-19)20(27)28-21(2,3)4;5-4-2-1-3-4/h7,10,13,15,27H,4-6,8-9,11-12,14H2,1-3H3,(H,29,31);5-6,8,10H,1,7,9,11H2,2-4H3,(H,24,26);4H,1-3,5H2. The summed E-state index contributed by atoms with van der Waals surface area (Å²) in [6.45, 7) is 17.4. The lowest BCUT2D eigenvalue weighted by Crippen LogP contribution is -2.39. The highest BCUT2D eigenvalue weighted by atomic mass is 32.1. The topological polar surface area (TPSA) is 207 Å². The third-order valence-corrected chi connectivity index (χ3v) is 16.3. The van der Waals surface area contributed by atoms with E-state index >= 15 is 0 Å². The van der Waals surface area contributed by atoms with Gasteiger partial charge in [0.2, 0.25) is 11.8 Å². The Morgan fingerprint density at radius 2 is 1.21 bits per heavy atom. The highest BCUT2D eigenvalue weighted by Gasteiger charge is 2.33. The summed E-state index contributed by atoms with van der Waals surface area (Å²) in [4.78, 5) is 73.6. The molecule has 6 aromatic rings. The highest BCUT2D eigenvalue weighted by molar-refractivity contribution is 7.23. The van der Waals surface area contributed by atoms with E-state index in [1.165, 1.54) is 67.3 Å². The van der Waals surface area contributed by atoms with Crippen molar-refractivity contribution >= 4 is 99.8 Å². The number of hydrogen-bond donors (Lipinski definition) is 4. The number of amides is 4. The van der Waals surface area contributed by atoms with Crippen LogP contribution in [0.1, 0.15) is 107 Å². The average molecular weight is 1030 g/mol. The maximum atomic E-state index is 12.8. The minimum absolute atomic E-state index is 0.0107. The number of thiophene rings is 2. The van der Waals surface area contributed by atoms with Gasteiger partial charge in [-0.1, -0.05) is 19.4 Å². The van der Waals surface area contributed by atoms with Crippen LogP contribution in [0.3, 0.4) is 0 Å². The van der Waals surface area contributed by atoms with Gasteiger partial charge in [-0.15, -0.1) is 45.3 Å². The van der Waals surface area contributed by atoms with Crippen LogP contribution in [0.2, 0.25) is 0 Å². The zero-order chi connectivity index (χ0) is 49.7. The van der Waals surface area contributed by atoms with Crippen LogP contribution >= 0.6 is 45.3 Å². The van der Waals surface area contributed by atoms with E-state index in [0.717, 1.165) is 72.5 Å². The Hall–Kier alpha value is -5.38. The minimum Gasteiger partial charge on any atom is -0.444 e. The Bertz CT molecular complexity index is 2800. The van der Waals surface area contributed by atoms with Crippen molar-refractivity contribution < 1.29 is 28.7 Å². The zero-order valence-electron chi connectivity index (χ0n) is 40.6. The van der Waals surface area contributed by atoms with Gasteiger partial charge in [-0.25, -0.2) is 19.6 Å². The molecule has 0 saturated heterocycles. The molecule has 0 atom stereocenters. The molecule has 0 spiro atoms. The van der Waals surface area contributed by atoms with Crippen LogP contribution < -0.4 is 21.7 Å². The fourth-order valence-electron chi connectivity index (χ4n) is 7.97. The van der Waals surface area contributed by atoms with Crippen molar-refractivity contribution in [2.75, 3.05) is 30.3 Å². The zero-order valence-corrected chi connectivity index (χ0v) is 43.9. The Kier molecular flexibility index (Phi) is 16.0. The lowest BCUT2D eigenvalue weighted by molar-refractivity contribution is -0.116. The molecule has 0 unspecified atom stereocenters. The first-order chi connectivity index (χ1) is 33.4. The first-order valence-electron chi connectivity index (χ1n) is 23.8. The molecule has 16 nitrogen and oxygen atoms in total. The van der Waals surface area contributed by atoms with Gasteiger partial charge in [0, 0.05) is 71.4 Å². The number of nitrogens with one attached hydrogen (secondary N) is 3. The molecule has 2 saturated carbocycles. The normalized spacial score (nSPS) is 15.8. The van der Waals surface area contributed by atoms with E-state index in [1.807, 2.05) is 53.7 Å². The monoisotopic (exact) mass is 1030 g/mol. The molecule has 0 aromatic carbocycles. The number of nitrogens with zero attached hydrogens (tertiary/aromatic N) is 6. The molecular weight excluding hydrogens is 965 g/mol. The molecule has 2 aliphatic carbocycles. The number of aromatic nitrogens is 4. The molecule has 8 heterocycles. The van der Waals surface area contributed by atoms with Gasteiger partial charge in [-0.3, -0.25) is 19.6 Å². The van der Waals surface area contributed by atoms with E-state index in [-0.39, 0.29) is 24.0 Å². The molecule has 0 bridgehead atoms. The van der Waals surface area contributed by atoms with Crippen molar-refractivity contribution in [3.63, 3.8) is 0 Å². The number of fused-ring (bicyclic) bond motifs is 4. The average Bonchev–Trinajstić information content (AvgIpc) is 4.07. The molecule has 70 heavy (non-hydrogen) atoms. The van der Waals surface area contributed by atoms with Gasteiger partial charge in [0.25, 0.3) is 0 Å². The summed E-state index contributed by atoms with van der Waals surface area (Å²) in [5, 5.41) is 12.8. The molecule has 5 N–H and O–H groups in total. The molecule has 2 fully saturated rings. The van der Waals surface area contributed by atoms with Crippen molar-refractivity contribution in [1.29, 1.82) is 0 Å². The Morgan fingerprint density at radius 3 is 1.61 bits per heavy atom. The molecule has 372 valence electrons. The van der Waals surface area contributed by atoms with E-state index in [4.69, 9.17) is 25.2 Å². The lowest BCUT2D eigenvalue weighted by atomic mass is 9.93. The van der Waals surface area contributed by atoms with E-state index in [0.29, 0.717) is 64.1 Å². The number of carbonyl (C=O) groups excluding carboxylic acids is 4. The summed E-state index contributed by atoms with van der Waals surface area (Å²) in [6, 6.07) is 5.02. The molecule has 0 radical (unpaired) electrons. The number of nitrogens with two attached hydrogens (primary N) is 1. The van der Waals surface area contributed by atoms with Gasteiger partial charge in [-0.2, -0.15) is 0 Å². The summed E-state index contributed by atoms with van der Waals surface area (Å²) < 4.78 is 13.2. The second-order valence-corrected chi connectivity index (χ2v) is 24.0. The van der Waals surface area contributed by atoms with Crippen LogP contribution in [0.5, 0.6) is 0 Å². The Labute approximate surface area is 424 Å². The third-order valence-electron chi connectivity index (χ3n) is 11.9. The van der Waals surface area contributed by atoms with Gasteiger partial charge in [0.1, 0.15) is 42.3 Å². The molecule has 2 aliphatic heterocycles. The van der Waals surface area contributed by atoms with E-state index in [1.54, 1.807) is 57.3 Å². The van der Waals surface area contributed by atoms with Crippen LogP contribution in [-0.4, -0.2) is 96.7 Å². The Balaban J connectivity index is 0.000000172. The van der Waals surface area contributed by atoms with Crippen LogP contribution in [-0.2, 0) is 45.0 Å². The summed E-state index contributed by atoms with van der Waals surface area (Å²) in [7, 11) is 0. The minimum atomic E-state index is -0.546. The van der Waals surface area contributed by atoms with Crippen LogP contribution in [0.4, 0.5) is 19.6 Å². The van der Waals surface area contributed by atoms with Gasteiger partial charge in [-0.05, 0) is 109 Å².